The van der Waals surface area contributed by atoms with Gasteiger partial charge >= 0.3 is 0 Å². The quantitative estimate of drug-likeness (QED) is 0.795. The van der Waals surface area contributed by atoms with E-state index in [1.807, 2.05) is 25.1 Å². The molecule has 2 heterocycles. The van der Waals surface area contributed by atoms with Gasteiger partial charge < -0.3 is 9.64 Å². The highest BCUT2D eigenvalue weighted by molar-refractivity contribution is 6.23. The van der Waals surface area contributed by atoms with Gasteiger partial charge in [-0.2, -0.15) is 0 Å². The minimum atomic E-state index is -0.421. The van der Waals surface area contributed by atoms with E-state index in [2.05, 4.69) is 11.0 Å². The smallest absolute Gasteiger partial charge is 0.256 e. The van der Waals surface area contributed by atoms with Crippen LogP contribution in [0.2, 0.25) is 0 Å². The lowest BCUT2D eigenvalue weighted by atomic mass is 9.99. The summed E-state index contributed by atoms with van der Waals surface area (Å²) in [7, 11) is 0. The highest BCUT2D eigenvalue weighted by Crippen LogP contribution is 2.34. The third-order valence-electron chi connectivity index (χ3n) is 5.05. The number of carbonyl (C=O) groups is 2. The summed E-state index contributed by atoms with van der Waals surface area (Å²) >= 11 is 0. The molecular weight excluding hydrogens is 328 g/mol. The van der Waals surface area contributed by atoms with E-state index < -0.39 is 6.04 Å². The average Bonchev–Trinajstić information content (AvgIpc) is 2.96. The average molecular weight is 350 g/mol. The van der Waals surface area contributed by atoms with Crippen LogP contribution in [0.4, 0.5) is 11.4 Å². The van der Waals surface area contributed by atoms with Crippen molar-refractivity contribution in [1.82, 2.24) is 0 Å². The zero-order valence-electron chi connectivity index (χ0n) is 14.9. The Morgan fingerprint density at radius 3 is 2.62 bits per heavy atom. The molecule has 26 heavy (non-hydrogen) atoms. The molecule has 0 N–H and O–H groups in total. The summed E-state index contributed by atoms with van der Waals surface area (Å²) in [5, 5.41) is 0. The molecule has 2 aromatic rings. The Balaban J connectivity index is 1.60. The van der Waals surface area contributed by atoms with Crippen molar-refractivity contribution in [2.24, 2.45) is 0 Å². The molecule has 4 rings (SSSR count). The lowest BCUT2D eigenvalue weighted by Crippen LogP contribution is -2.44. The van der Waals surface area contributed by atoms with E-state index >= 15 is 0 Å². The number of aryl methyl sites for hydroxylation is 1. The zero-order valence-corrected chi connectivity index (χ0v) is 14.9. The van der Waals surface area contributed by atoms with E-state index in [0.717, 1.165) is 30.8 Å². The third kappa shape index (κ3) is 2.83. The van der Waals surface area contributed by atoms with E-state index in [1.54, 1.807) is 24.3 Å². The van der Waals surface area contributed by atoms with Gasteiger partial charge in [0.1, 0.15) is 11.8 Å². The highest BCUT2D eigenvalue weighted by atomic mass is 16.5. The van der Waals surface area contributed by atoms with Crippen molar-refractivity contribution < 1.29 is 14.3 Å². The van der Waals surface area contributed by atoms with Crippen molar-refractivity contribution in [2.45, 2.75) is 32.2 Å². The molecule has 1 fully saturated rings. The Morgan fingerprint density at radius 2 is 1.85 bits per heavy atom. The Hall–Kier alpha value is -2.82. The van der Waals surface area contributed by atoms with Gasteiger partial charge in [-0.3, -0.25) is 9.59 Å². The van der Waals surface area contributed by atoms with Crippen LogP contribution < -0.4 is 14.5 Å². The number of rotatable bonds is 4. The van der Waals surface area contributed by atoms with Gasteiger partial charge in [0.25, 0.3) is 5.91 Å². The van der Waals surface area contributed by atoms with Gasteiger partial charge in [0.05, 0.1) is 18.7 Å². The van der Waals surface area contributed by atoms with Crippen molar-refractivity contribution in [3.8, 4) is 5.75 Å². The van der Waals surface area contributed by atoms with Crippen molar-refractivity contribution in [2.75, 3.05) is 23.0 Å². The van der Waals surface area contributed by atoms with E-state index in [0.29, 0.717) is 12.3 Å². The molecule has 2 aliphatic heterocycles. The van der Waals surface area contributed by atoms with E-state index in [1.165, 1.54) is 10.5 Å². The number of hydrogen-bond acceptors (Lipinski definition) is 4. The summed E-state index contributed by atoms with van der Waals surface area (Å²) in [5.74, 6) is 0.444. The van der Waals surface area contributed by atoms with E-state index in [-0.39, 0.29) is 18.2 Å². The summed E-state index contributed by atoms with van der Waals surface area (Å²) in [6, 6.07) is 14.9. The number of carbonyl (C=O) groups excluding carboxylic acids is 2. The summed E-state index contributed by atoms with van der Waals surface area (Å²) in [4.78, 5) is 29.1. The topological polar surface area (TPSA) is 49.9 Å². The second kappa shape index (κ2) is 6.83. The summed E-state index contributed by atoms with van der Waals surface area (Å²) in [6.45, 7) is 3.30. The molecule has 0 bridgehead atoms. The van der Waals surface area contributed by atoms with Crippen LogP contribution in [0.25, 0.3) is 0 Å². The summed E-state index contributed by atoms with van der Waals surface area (Å²) < 4.78 is 5.44. The van der Waals surface area contributed by atoms with Crippen molar-refractivity contribution >= 4 is 23.2 Å². The van der Waals surface area contributed by atoms with Crippen LogP contribution in [0.3, 0.4) is 0 Å². The minimum absolute atomic E-state index is 0.143. The Labute approximate surface area is 153 Å². The molecule has 5 nitrogen and oxygen atoms in total. The van der Waals surface area contributed by atoms with Crippen LogP contribution in [0.1, 0.15) is 25.3 Å². The molecule has 2 aliphatic rings. The number of hydrogen-bond donors (Lipinski definition) is 0. The minimum Gasteiger partial charge on any atom is -0.494 e. The van der Waals surface area contributed by atoms with Crippen LogP contribution in [-0.4, -0.2) is 31.0 Å². The number of amides is 2. The maximum Gasteiger partial charge on any atom is 0.256 e. The number of imide groups is 1. The zero-order chi connectivity index (χ0) is 18.1. The first-order chi connectivity index (χ1) is 12.7. The molecule has 0 aromatic heterocycles. The molecule has 0 saturated carbocycles. The molecule has 2 amide bonds. The Kier molecular flexibility index (Phi) is 4.37. The SMILES string of the molecule is CCOc1ccc(N2C(=O)CC(N3CCCc4ccccc43)C2=O)cc1. The normalized spacial score (nSPS) is 19.7. The standard InChI is InChI=1S/C21H22N2O3/c1-2-26-17-11-9-16(10-12-17)23-20(24)14-19(21(23)25)22-13-5-7-15-6-3-4-8-18(15)22/h3-4,6,8-12,19H,2,5,7,13-14H2,1H3. The number of para-hydroxylation sites is 1. The Morgan fingerprint density at radius 1 is 1.08 bits per heavy atom. The monoisotopic (exact) mass is 350 g/mol. The molecule has 1 atom stereocenters. The second-order valence-corrected chi connectivity index (χ2v) is 6.64. The molecule has 1 unspecified atom stereocenters. The van der Waals surface area contributed by atoms with E-state index in [4.69, 9.17) is 4.74 Å². The van der Waals surface area contributed by atoms with Gasteiger partial charge in [0, 0.05) is 12.2 Å². The van der Waals surface area contributed by atoms with Gasteiger partial charge in [0.15, 0.2) is 0 Å². The van der Waals surface area contributed by atoms with Crippen LogP contribution in [-0.2, 0) is 16.0 Å². The van der Waals surface area contributed by atoms with Gasteiger partial charge in [-0.15, -0.1) is 0 Å². The van der Waals surface area contributed by atoms with Crippen LogP contribution >= 0.6 is 0 Å². The number of ether oxygens (including phenoxy) is 1. The van der Waals surface area contributed by atoms with Crippen molar-refractivity contribution in [3.05, 3.63) is 54.1 Å². The predicted octanol–water partition coefficient (Wildman–Crippen LogP) is 3.17. The lowest BCUT2D eigenvalue weighted by molar-refractivity contribution is -0.121. The first kappa shape index (κ1) is 16.6. The maximum atomic E-state index is 13.1. The van der Waals surface area contributed by atoms with Gasteiger partial charge in [-0.1, -0.05) is 18.2 Å². The highest BCUT2D eigenvalue weighted by Gasteiger charge is 2.43. The Bertz CT molecular complexity index is 831. The maximum absolute atomic E-state index is 13.1. The van der Waals surface area contributed by atoms with Crippen LogP contribution in [0.15, 0.2) is 48.5 Å². The van der Waals surface area contributed by atoms with Crippen LogP contribution in [0.5, 0.6) is 5.75 Å². The van der Waals surface area contributed by atoms with Gasteiger partial charge in [-0.25, -0.2) is 4.90 Å². The number of nitrogens with zero attached hydrogens (tertiary/aromatic N) is 2. The number of benzene rings is 2. The molecule has 1 saturated heterocycles. The predicted molar refractivity (Wildman–Crippen MR) is 101 cm³/mol. The molecule has 134 valence electrons. The molecule has 0 radical (unpaired) electrons. The van der Waals surface area contributed by atoms with Gasteiger partial charge in [0.2, 0.25) is 5.91 Å². The van der Waals surface area contributed by atoms with Crippen molar-refractivity contribution in [3.63, 3.8) is 0 Å². The molecule has 5 heteroatoms. The second-order valence-electron chi connectivity index (χ2n) is 6.64. The third-order valence-corrected chi connectivity index (χ3v) is 5.05. The molecule has 0 spiro atoms. The van der Waals surface area contributed by atoms with Gasteiger partial charge in [-0.05, 0) is 55.7 Å². The fourth-order valence-electron chi connectivity index (χ4n) is 3.88. The van der Waals surface area contributed by atoms with Crippen molar-refractivity contribution in [1.29, 1.82) is 0 Å². The number of anilines is 2. The first-order valence-corrected chi connectivity index (χ1v) is 9.13. The fourth-order valence-corrected chi connectivity index (χ4v) is 3.88. The van der Waals surface area contributed by atoms with E-state index in [9.17, 15) is 9.59 Å². The molecular formula is C21H22N2O3. The summed E-state index contributed by atoms with van der Waals surface area (Å²) in [5.41, 5.74) is 2.94. The molecule has 0 aliphatic carbocycles. The first-order valence-electron chi connectivity index (χ1n) is 9.13. The summed E-state index contributed by atoms with van der Waals surface area (Å²) in [6.07, 6.45) is 2.24. The fraction of sp³-hybridized carbons (Fsp3) is 0.333. The largest absolute Gasteiger partial charge is 0.494 e. The number of fused-ring (bicyclic) bond motifs is 1. The molecule has 2 aromatic carbocycles. The lowest BCUT2D eigenvalue weighted by Gasteiger charge is -2.34. The van der Waals surface area contributed by atoms with Crippen LogP contribution in [0, 0.1) is 0 Å².